The van der Waals surface area contributed by atoms with Crippen LogP contribution in [-0.4, -0.2) is 23.6 Å². The minimum Gasteiger partial charge on any atom is -0.391 e. The Balaban J connectivity index is 2.36. The van der Waals surface area contributed by atoms with Crippen LogP contribution >= 0.6 is 22.9 Å². The van der Waals surface area contributed by atoms with Crippen LogP contribution in [0.25, 0.3) is 10.1 Å². The van der Waals surface area contributed by atoms with Crippen LogP contribution in [0.15, 0.2) is 12.1 Å². The van der Waals surface area contributed by atoms with E-state index in [2.05, 4.69) is 18.0 Å². The zero-order valence-corrected chi connectivity index (χ0v) is 11.2. The summed E-state index contributed by atoms with van der Waals surface area (Å²) < 4.78 is 1.14. The Morgan fingerprint density at radius 1 is 1.47 bits per heavy atom. The quantitative estimate of drug-likeness (QED) is 0.859. The summed E-state index contributed by atoms with van der Waals surface area (Å²) >= 11 is 7.89. The second kappa shape index (κ2) is 4.25. The highest BCUT2D eigenvalue weighted by atomic mass is 35.5. The van der Waals surface area contributed by atoms with Crippen LogP contribution in [0, 0.1) is 0 Å². The number of rotatable bonds is 1. The zero-order valence-electron chi connectivity index (χ0n) is 9.66. The summed E-state index contributed by atoms with van der Waals surface area (Å²) in [6.45, 7) is 2.07. The lowest BCUT2D eigenvalue weighted by Crippen LogP contribution is -2.18. The van der Waals surface area contributed by atoms with Gasteiger partial charge in [0.05, 0.1) is 16.3 Å². The second-order valence-electron chi connectivity index (χ2n) is 4.56. The van der Waals surface area contributed by atoms with E-state index in [1.807, 2.05) is 6.07 Å². The van der Waals surface area contributed by atoms with E-state index < -0.39 is 0 Å². The van der Waals surface area contributed by atoms with Gasteiger partial charge in [-0.2, -0.15) is 0 Å². The third-order valence-corrected chi connectivity index (χ3v) is 5.07. The van der Waals surface area contributed by atoms with Crippen molar-refractivity contribution in [2.45, 2.75) is 19.6 Å². The molecule has 0 saturated carbocycles. The van der Waals surface area contributed by atoms with Gasteiger partial charge < -0.3 is 10.0 Å². The third kappa shape index (κ3) is 1.78. The van der Waals surface area contributed by atoms with Gasteiger partial charge in [-0.15, -0.1) is 11.3 Å². The largest absolute Gasteiger partial charge is 0.391 e. The lowest BCUT2D eigenvalue weighted by molar-refractivity contribution is 0.280. The molecule has 0 radical (unpaired) electrons. The van der Waals surface area contributed by atoms with Crippen molar-refractivity contribution in [1.82, 2.24) is 4.90 Å². The van der Waals surface area contributed by atoms with E-state index in [0.717, 1.165) is 34.1 Å². The molecule has 0 spiro atoms. The SMILES string of the molecule is CN1CCc2ccc(Cl)c3sc(CO)c(c23)C1. The lowest BCUT2D eigenvalue weighted by atomic mass is 10.0. The minimum absolute atomic E-state index is 0.109. The molecule has 1 N–H and O–H groups in total. The Kier molecular flexibility index (Phi) is 2.87. The number of halogens is 1. The number of thiophene rings is 1. The summed E-state index contributed by atoms with van der Waals surface area (Å²) in [6, 6.07) is 4.10. The van der Waals surface area contributed by atoms with Crippen LogP contribution in [0.1, 0.15) is 16.0 Å². The number of hydrogen-bond acceptors (Lipinski definition) is 3. The van der Waals surface area contributed by atoms with Crippen LogP contribution in [0.3, 0.4) is 0 Å². The monoisotopic (exact) mass is 267 g/mol. The number of nitrogens with zero attached hydrogens (tertiary/aromatic N) is 1. The molecule has 4 heteroatoms. The fraction of sp³-hybridized carbons (Fsp3) is 0.385. The molecule has 2 heterocycles. The Bertz CT molecular complexity index is 578. The average molecular weight is 268 g/mol. The van der Waals surface area contributed by atoms with Gasteiger partial charge in [0.1, 0.15) is 0 Å². The first-order valence-electron chi connectivity index (χ1n) is 5.71. The van der Waals surface area contributed by atoms with Gasteiger partial charge >= 0.3 is 0 Å². The number of aliphatic hydroxyl groups is 1. The molecule has 0 amide bonds. The predicted octanol–water partition coefficient (Wildman–Crippen LogP) is 3.03. The molecular weight excluding hydrogens is 254 g/mol. The van der Waals surface area contributed by atoms with E-state index in [-0.39, 0.29) is 6.61 Å². The van der Waals surface area contributed by atoms with E-state index >= 15 is 0 Å². The van der Waals surface area contributed by atoms with Gasteiger partial charge in [-0.1, -0.05) is 17.7 Å². The predicted molar refractivity (Wildman–Crippen MR) is 72.8 cm³/mol. The number of likely N-dealkylation sites (N-methyl/N-ethyl adjacent to an activating group) is 1. The van der Waals surface area contributed by atoms with Crippen LogP contribution in [0.5, 0.6) is 0 Å². The summed E-state index contributed by atoms with van der Waals surface area (Å²) in [5.41, 5.74) is 2.63. The van der Waals surface area contributed by atoms with E-state index in [9.17, 15) is 5.11 Å². The Hall–Kier alpha value is -0.610. The molecule has 0 bridgehead atoms. The molecule has 0 aliphatic carbocycles. The zero-order chi connectivity index (χ0) is 12.0. The normalized spacial score (nSPS) is 16.4. The fourth-order valence-corrected chi connectivity index (χ4v) is 3.91. The van der Waals surface area contributed by atoms with Crippen molar-refractivity contribution in [3.63, 3.8) is 0 Å². The van der Waals surface area contributed by atoms with Gasteiger partial charge in [0.25, 0.3) is 0 Å². The van der Waals surface area contributed by atoms with Crippen molar-refractivity contribution in [2.24, 2.45) is 0 Å². The first-order chi connectivity index (χ1) is 8.20. The van der Waals surface area contributed by atoms with E-state index in [0.29, 0.717) is 0 Å². The maximum Gasteiger partial charge on any atom is 0.0778 e. The highest BCUT2D eigenvalue weighted by molar-refractivity contribution is 7.20. The molecule has 2 nitrogen and oxygen atoms in total. The van der Waals surface area contributed by atoms with Crippen molar-refractivity contribution in [3.05, 3.63) is 33.2 Å². The molecule has 2 aromatic rings. The van der Waals surface area contributed by atoms with Gasteiger partial charge in [0.15, 0.2) is 0 Å². The minimum atomic E-state index is 0.109. The molecule has 0 saturated heterocycles. The van der Waals surface area contributed by atoms with Gasteiger partial charge in [-0.25, -0.2) is 0 Å². The van der Waals surface area contributed by atoms with Crippen LogP contribution < -0.4 is 0 Å². The van der Waals surface area contributed by atoms with Gasteiger partial charge in [0, 0.05) is 23.4 Å². The van der Waals surface area contributed by atoms with Crippen molar-refractivity contribution >= 4 is 33.0 Å². The summed E-state index contributed by atoms with van der Waals surface area (Å²) in [4.78, 5) is 3.36. The molecule has 0 atom stereocenters. The van der Waals surface area contributed by atoms with Crippen molar-refractivity contribution in [1.29, 1.82) is 0 Å². The Morgan fingerprint density at radius 3 is 3.06 bits per heavy atom. The molecule has 17 heavy (non-hydrogen) atoms. The van der Waals surface area contributed by atoms with Crippen molar-refractivity contribution in [3.8, 4) is 0 Å². The molecule has 0 fully saturated rings. The van der Waals surface area contributed by atoms with Gasteiger partial charge in [-0.3, -0.25) is 0 Å². The van der Waals surface area contributed by atoms with E-state index in [4.69, 9.17) is 11.6 Å². The number of hydrogen-bond donors (Lipinski definition) is 1. The molecule has 3 rings (SSSR count). The first-order valence-corrected chi connectivity index (χ1v) is 6.91. The molecule has 1 aliphatic heterocycles. The fourth-order valence-electron chi connectivity index (χ4n) is 2.52. The van der Waals surface area contributed by atoms with Crippen LogP contribution in [0.4, 0.5) is 0 Å². The maximum atomic E-state index is 9.48. The highest BCUT2D eigenvalue weighted by Gasteiger charge is 2.20. The molecule has 1 aliphatic rings. The van der Waals surface area contributed by atoms with Crippen LogP contribution in [0.2, 0.25) is 5.02 Å². The molecular formula is C13H14ClNOS. The topological polar surface area (TPSA) is 23.5 Å². The van der Waals surface area contributed by atoms with E-state index in [1.165, 1.54) is 16.5 Å². The smallest absolute Gasteiger partial charge is 0.0778 e. The van der Waals surface area contributed by atoms with Crippen molar-refractivity contribution in [2.75, 3.05) is 13.6 Å². The standard InChI is InChI=1S/C13H14ClNOS/c1-15-5-4-8-2-3-10(14)13-12(8)9(6-15)11(7-16)17-13/h2-3,16H,4-7H2,1H3. The third-order valence-electron chi connectivity index (χ3n) is 3.39. The first kappa shape index (κ1) is 11.5. The molecule has 0 unspecified atom stereocenters. The van der Waals surface area contributed by atoms with Gasteiger partial charge in [-0.05, 0) is 30.7 Å². The van der Waals surface area contributed by atoms with Gasteiger partial charge in [0.2, 0.25) is 0 Å². The molecule has 90 valence electrons. The summed E-state index contributed by atoms with van der Waals surface area (Å²) in [6.07, 6.45) is 1.05. The summed E-state index contributed by atoms with van der Waals surface area (Å²) in [5, 5.41) is 11.6. The molecule has 1 aromatic heterocycles. The maximum absolute atomic E-state index is 9.48. The second-order valence-corrected chi connectivity index (χ2v) is 6.07. The lowest BCUT2D eigenvalue weighted by Gasteiger charge is -2.13. The molecule has 1 aromatic carbocycles. The Labute approximate surface area is 109 Å². The van der Waals surface area contributed by atoms with E-state index in [1.54, 1.807) is 11.3 Å². The average Bonchev–Trinajstić information content (AvgIpc) is 2.59. The Morgan fingerprint density at radius 2 is 2.29 bits per heavy atom. The number of benzene rings is 1. The summed E-state index contributed by atoms with van der Waals surface area (Å²) in [5.74, 6) is 0. The van der Waals surface area contributed by atoms with Crippen LogP contribution in [-0.2, 0) is 19.6 Å². The summed E-state index contributed by atoms with van der Waals surface area (Å²) in [7, 11) is 2.12. The van der Waals surface area contributed by atoms with Crippen molar-refractivity contribution < 1.29 is 5.11 Å². The highest BCUT2D eigenvalue weighted by Crippen LogP contribution is 2.40. The number of aliphatic hydroxyl groups excluding tert-OH is 1.